The van der Waals surface area contributed by atoms with Crippen molar-refractivity contribution in [3.63, 3.8) is 0 Å². The topological polar surface area (TPSA) is 89.6 Å². The van der Waals surface area contributed by atoms with Crippen LogP contribution in [0.5, 0.6) is 23.0 Å². The number of methoxy groups -OCH3 is 4. The van der Waals surface area contributed by atoms with Crippen molar-refractivity contribution in [1.82, 2.24) is 4.90 Å². The molecule has 160 valence electrons. The summed E-state index contributed by atoms with van der Waals surface area (Å²) in [5, 5.41) is 2.78. The van der Waals surface area contributed by atoms with E-state index in [1.807, 2.05) is 0 Å². The number of benzene rings is 2. The second-order valence-electron chi connectivity index (χ2n) is 6.51. The Morgan fingerprint density at radius 2 is 1.60 bits per heavy atom. The number of anilines is 2. The first-order valence-corrected chi connectivity index (χ1v) is 9.31. The normalized spacial score (nSPS) is 13.3. The third-order valence-electron chi connectivity index (χ3n) is 4.77. The highest BCUT2D eigenvalue weighted by Crippen LogP contribution is 2.34. The minimum absolute atomic E-state index is 0.0735. The third kappa shape index (κ3) is 4.35. The minimum Gasteiger partial charge on any atom is -0.497 e. The van der Waals surface area contributed by atoms with Crippen molar-refractivity contribution in [3.05, 3.63) is 36.4 Å². The van der Waals surface area contributed by atoms with Crippen molar-refractivity contribution in [3.8, 4) is 23.0 Å². The third-order valence-corrected chi connectivity index (χ3v) is 4.77. The second-order valence-corrected chi connectivity index (χ2v) is 6.51. The summed E-state index contributed by atoms with van der Waals surface area (Å²) in [7, 11) is 6.16. The smallest absolute Gasteiger partial charge is 0.325 e. The van der Waals surface area contributed by atoms with Crippen LogP contribution in [0.4, 0.5) is 16.2 Å². The molecule has 1 aliphatic rings. The fraction of sp³-hybridized carbons (Fsp3) is 0.333. The Labute approximate surface area is 175 Å². The van der Waals surface area contributed by atoms with Crippen molar-refractivity contribution >= 4 is 23.3 Å². The molecule has 0 aromatic heterocycles. The van der Waals surface area contributed by atoms with E-state index < -0.39 is 0 Å². The molecule has 0 radical (unpaired) electrons. The highest BCUT2D eigenvalue weighted by Gasteiger charge is 2.32. The highest BCUT2D eigenvalue weighted by molar-refractivity contribution is 6.00. The molecule has 3 rings (SSSR count). The van der Waals surface area contributed by atoms with Gasteiger partial charge in [-0.2, -0.15) is 0 Å². The van der Waals surface area contributed by atoms with Crippen LogP contribution in [0.2, 0.25) is 0 Å². The van der Waals surface area contributed by atoms with E-state index in [1.165, 1.54) is 19.1 Å². The van der Waals surface area contributed by atoms with Crippen LogP contribution in [0.1, 0.15) is 0 Å². The summed E-state index contributed by atoms with van der Waals surface area (Å²) in [5.74, 6) is 1.93. The van der Waals surface area contributed by atoms with Gasteiger partial charge in [-0.15, -0.1) is 0 Å². The van der Waals surface area contributed by atoms with Crippen LogP contribution in [0.15, 0.2) is 36.4 Å². The molecule has 0 unspecified atom stereocenters. The Kier molecular flexibility index (Phi) is 6.51. The first kappa shape index (κ1) is 21.1. The number of rotatable bonds is 8. The number of urea groups is 1. The zero-order valence-corrected chi connectivity index (χ0v) is 17.4. The van der Waals surface area contributed by atoms with Crippen molar-refractivity contribution in [1.29, 1.82) is 0 Å². The second kappa shape index (κ2) is 9.25. The van der Waals surface area contributed by atoms with Gasteiger partial charge in [0.2, 0.25) is 5.91 Å². The van der Waals surface area contributed by atoms with Crippen LogP contribution in [-0.2, 0) is 4.79 Å². The van der Waals surface area contributed by atoms with Crippen LogP contribution in [0.25, 0.3) is 0 Å². The van der Waals surface area contributed by atoms with E-state index in [0.717, 1.165) is 0 Å². The lowest BCUT2D eigenvalue weighted by molar-refractivity contribution is -0.116. The molecule has 1 aliphatic heterocycles. The summed E-state index contributed by atoms with van der Waals surface area (Å²) < 4.78 is 21.1. The molecule has 2 aromatic carbocycles. The van der Waals surface area contributed by atoms with Crippen LogP contribution in [0, 0.1) is 0 Å². The molecule has 1 heterocycles. The summed E-state index contributed by atoms with van der Waals surface area (Å²) >= 11 is 0. The average molecular weight is 415 g/mol. The Hall–Kier alpha value is -3.62. The molecule has 3 amide bonds. The maximum Gasteiger partial charge on any atom is 0.325 e. The van der Waals surface area contributed by atoms with E-state index in [1.54, 1.807) is 55.5 Å². The maximum atomic E-state index is 12.9. The van der Waals surface area contributed by atoms with E-state index in [9.17, 15) is 9.59 Å². The number of carbonyl (C=O) groups is 2. The average Bonchev–Trinajstić information content (AvgIpc) is 3.12. The van der Waals surface area contributed by atoms with Gasteiger partial charge in [-0.3, -0.25) is 9.69 Å². The van der Waals surface area contributed by atoms with E-state index in [0.29, 0.717) is 47.5 Å². The van der Waals surface area contributed by atoms with Crippen LogP contribution in [-0.4, -0.2) is 64.9 Å². The maximum absolute atomic E-state index is 12.9. The number of hydrogen-bond donors (Lipinski definition) is 1. The van der Waals surface area contributed by atoms with Crippen LogP contribution < -0.4 is 29.2 Å². The standard InChI is InChI=1S/C21H25N3O6/c1-27-15-6-8-17(28-2)16(12-15)24-10-9-23(21(24)26)13-20(25)22-14-5-7-18(29-3)19(11-14)30-4/h5-8,11-12H,9-10,13H2,1-4H3,(H,22,25). The quantitative estimate of drug-likeness (QED) is 0.713. The van der Waals surface area contributed by atoms with Gasteiger partial charge in [-0.05, 0) is 24.3 Å². The van der Waals surface area contributed by atoms with Gasteiger partial charge in [-0.25, -0.2) is 4.79 Å². The molecule has 0 spiro atoms. The minimum atomic E-state index is -0.310. The number of carbonyl (C=O) groups excluding carboxylic acids is 2. The van der Waals surface area contributed by atoms with Crippen molar-refractivity contribution in [2.45, 2.75) is 0 Å². The fourth-order valence-electron chi connectivity index (χ4n) is 3.25. The molecular weight excluding hydrogens is 390 g/mol. The first-order valence-electron chi connectivity index (χ1n) is 9.31. The molecular formula is C21H25N3O6. The van der Waals surface area contributed by atoms with E-state index in [-0.39, 0.29) is 18.5 Å². The van der Waals surface area contributed by atoms with E-state index in [2.05, 4.69) is 5.32 Å². The van der Waals surface area contributed by atoms with Crippen molar-refractivity contribution in [2.75, 3.05) is 58.3 Å². The van der Waals surface area contributed by atoms with Crippen LogP contribution in [0.3, 0.4) is 0 Å². The number of ether oxygens (including phenoxy) is 4. The molecule has 0 aliphatic carbocycles. The van der Waals surface area contributed by atoms with E-state index in [4.69, 9.17) is 18.9 Å². The molecule has 0 saturated carbocycles. The lowest BCUT2D eigenvalue weighted by atomic mass is 10.2. The van der Waals surface area contributed by atoms with Gasteiger partial charge in [0.15, 0.2) is 11.5 Å². The summed E-state index contributed by atoms with van der Waals surface area (Å²) in [6.45, 7) is 0.778. The van der Waals surface area contributed by atoms with Crippen LogP contribution >= 0.6 is 0 Å². The lowest BCUT2D eigenvalue weighted by Crippen LogP contribution is -2.37. The summed E-state index contributed by atoms with van der Waals surface area (Å²) in [5.41, 5.74) is 1.15. The SMILES string of the molecule is COc1ccc(OC)c(N2CCN(CC(=O)Nc3ccc(OC)c(OC)c3)C2=O)c1. The van der Waals surface area contributed by atoms with Crippen molar-refractivity contribution < 1.29 is 28.5 Å². The molecule has 30 heavy (non-hydrogen) atoms. The largest absolute Gasteiger partial charge is 0.497 e. The van der Waals surface area contributed by atoms with Gasteiger partial charge in [0.1, 0.15) is 18.0 Å². The van der Waals surface area contributed by atoms with Gasteiger partial charge in [0.05, 0.1) is 34.1 Å². The Bertz CT molecular complexity index is 933. The molecule has 1 N–H and O–H groups in total. The van der Waals surface area contributed by atoms with Gasteiger partial charge in [0.25, 0.3) is 0 Å². The molecule has 9 heteroatoms. The Morgan fingerprint density at radius 1 is 0.900 bits per heavy atom. The predicted octanol–water partition coefficient (Wildman–Crippen LogP) is 2.60. The summed E-state index contributed by atoms with van der Waals surface area (Å²) in [4.78, 5) is 28.4. The Morgan fingerprint density at radius 3 is 2.27 bits per heavy atom. The van der Waals surface area contributed by atoms with Gasteiger partial charge >= 0.3 is 6.03 Å². The monoisotopic (exact) mass is 415 g/mol. The first-order chi connectivity index (χ1) is 14.5. The molecule has 1 saturated heterocycles. The Balaban J connectivity index is 1.68. The van der Waals surface area contributed by atoms with Gasteiger partial charge in [-0.1, -0.05) is 0 Å². The fourth-order valence-corrected chi connectivity index (χ4v) is 3.25. The zero-order chi connectivity index (χ0) is 21.7. The molecule has 0 bridgehead atoms. The molecule has 1 fully saturated rings. The molecule has 9 nitrogen and oxygen atoms in total. The predicted molar refractivity (Wildman–Crippen MR) is 112 cm³/mol. The number of nitrogens with one attached hydrogen (secondary N) is 1. The van der Waals surface area contributed by atoms with Crippen molar-refractivity contribution in [2.24, 2.45) is 0 Å². The number of hydrogen-bond acceptors (Lipinski definition) is 6. The summed E-state index contributed by atoms with van der Waals surface area (Å²) in [6.07, 6.45) is 0. The molecule has 2 aromatic rings. The van der Waals surface area contributed by atoms with Gasteiger partial charge < -0.3 is 29.2 Å². The van der Waals surface area contributed by atoms with Gasteiger partial charge in [0, 0.05) is 30.9 Å². The number of nitrogens with zero attached hydrogens (tertiary/aromatic N) is 2. The number of amides is 3. The zero-order valence-electron chi connectivity index (χ0n) is 17.4. The lowest BCUT2D eigenvalue weighted by Gasteiger charge is -2.21. The summed E-state index contributed by atoms with van der Waals surface area (Å²) in [6, 6.07) is 10.0. The highest BCUT2D eigenvalue weighted by atomic mass is 16.5. The molecule has 0 atom stereocenters. The van der Waals surface area contributed by atoms with E-state index >= 15 is 0 Å².